The summed E-state index contributed by atoms with van der Waals surface area (Å²) in [5, 5.41) is 10.8. The summed E-state index contributed by atoms with van der Waals surface area (Å²) in [4.78, 5) is 10.8. The average molecular weight is 313 g/mol. The maximum atomic E-state index is 13.4. The summed E-state index contributed by atoms with van der Waals surface area (Å²) in [6, 6.07) is 4.16. The molecule has 0 heterocycles. The molecule has 0 aromatic heterocycles. The van der Waals surface area contributed by atoms with E-state index in [0.29, 0.717) is 4.47 Å². The Morgan fingerprint density at radius 3 is 2.47 bits per heavy atom. The number of aliphatic carboxylic acids is 1. The van der Waals surface area contributed by atoms with E-state index < -0.39 is 17.9 Å². The van der Waals surface area contributed by atoms with Gasteiger partial charge in [-0.05, 0) is 24.1 Å². The van der Waals surface area contributed by atoms with Crippen LogP contribution in [-0.2, 0) is 4.79 Å². The van der Waals surface area contributed by atoms with E-state index in [0.717, 1.165) is 0 Å². The average Bonchev–Trinajstić information content (AvgIpc) is 2.15. The molecule has 0 saturated carbocycles. The van der Waals surface area contributed by atoms with Gasteiger partial charge in [0.15, 0.2) is 11.6 Å². The van der Waals surface area contributed by atoms with Crippen LogP contribution < -0.4 is 39.4 Å². The first-order valence-corrected chi connectivity index (χ1v) is 5.53. The maximum Gasteiger partial charge on any atom is 1.00 e. The van der Waals surface area contributed by atoms with Crippen molar-refractivity contribution >= 4 is 21.9 Å². The Hall–Kier alpha value is -0.100. The second kappa shape index (κ2) is 7.36. The van der Waals surface area contributed by atoms with Crippen LogP contribution >= 0.6 is 15.9 Å². The number of carbonyl (C=O) groups excluding carboxylic acids is 1. The summed E-state index contributed by atoms with van der Waals surface area (Å²) in [6.07, 6.45) is -1.16. The van der Waals surface area contributed by atoms with Crippen LogP contribution in [0.3, 0.4) is 0 Å². The van der Waals surface area contributed by atoms with Crippen LogP contribution in [0.1, 0.15) is 13.8 Å². The molecule has 0 saturated heterocycles. The van der Waals surface area contributed by atoms with E-state index >= 15 is 0 Å². The Labute approximate surface area is 130 Å². The van der Waals surface area contributed by atoms with Gasteiger partial charge in [0.05, 0.1) is 5.97 Å². The van der Waals surface area contributed by atoms with Crippen molar-refractivity contribution in [1.82, 2.24) is 0 Å². The van der Waals surface area contributed by atoms with Gasteiger partial charge in [0.25, 0.3) is 0 Å². The van der Waals surface area contributed by atoms with Crippen LogP contribution in [0.15, 0.2) is 22.7 Å². The maximum absolute atomic E-state index is 13.4. The van der Waals surface area contributed by atoms with Gasteiger partial charge in [-0.3, -0.25) is 0 Å². The zero-order chi connectivity index (χ0) is 12.3. The first-order valence-electron chi connectivity index (χ1n) is 4.74. The molecule has 1 aromatic carbocycles. The van der Waals surface area contributed by atoms with E-state index in [-0.39, 0.29) is 41.2 Å². The fraction of sp³-hybridized carbons (Fsp3) is 0.364. The molecule has 6 heteroatoms. The van der Waals surface area contributed by atoms with Gasteiger partial charge in [-0.25, -0.2) is 4.39 Å². The van der Waals surface area contributed by atoms with Gasteiger partial charge in [-0.2, -0.15) is 0 Å². The Morgan fingerprint density at radius 2 is 2.06 bits per heavy atom. The Bertz CT molecular complexity index is 398. The summed E-state index contributed by atoms with van der Waals surface area (Å²) < 4.78 is 19.0. The first kappa shape index (κ1) is 16.9. The van der Waals surface area contributed by atoms with Crippen molar-refractivity contribution < 1.29 is 48.6 Å². The van der Waals surface area contributed by atoms with E-state index in [9.17, 15) is 14.3 Å². The molecule has 0 aliphatic carbocycles. The molecule has 0 aliphatic rings. The number of hydrogen-bond acceptors (Lipinski definition) is 3. The molecule has 1 rings (SSSR count). The smallest absolute Gasteiger partial charge is 0.546 e. The summed E-state index contributed by atoms with van der Waals surface area (Å²) in [5.41, 5.74) is 0. The topological polar surface area (TPSA) is 49.4 Å². The molecule has 17 heavy (non-hydrogen) atoms. The van der Waals surface area contributed by atoms with Crippen molar-refractivity contribution in [2.75, 3.05) is 0 Å². The number of ether oxygens (including phenoxy) is 1. The van der Waals surface area contributed by atoms with Crippen LogP contribution in [0.2, 0.25) is 0 Å². The molecule has 0 spiro atoms. The fourth-order valence-corrected chi connectivity index (χ4v) is 1.50. The SMILES string of the molecule is CC(C)[C@H](Oc1ccc(Br)cc1F)C(=O)[O-].[Na+]. The number of carbonyl (C=O) groups is 1. The van der Waals surface area contributed by atoms with Crippen molar-refractivity contribution in [3.05, 3.63) is 28.5 Å². The minimum absolute atomic E-state index is 0. The quantitative estimate of drug-likeness (QED) is 0.653. The predicted octanol–water partition coefficient (Wildman–Crippen LogP) is -1.25. The number of halogens is 2. The minimum Gasteiger partial charge on any atom is -0.546 e. The number of benzene rings is 1. The zero-order valence-corrected chi connectivity index (χ0v) is 13.5. The van der Waals surface area contributed by atoms with Gasteiger partial charge in [0.2, 0.25) is 0 Å². The van der Waals surface area contributed by atoms with Crippen molar-refractivity contribution in [2.45, 2.75) is 20.0 Å². The second-order valence-corrected chi connectivity index (χ2v) is 4.59. The standard InChI is InChI=1S/C11H12BrFO3.Na/c1-6(2)10(11(14)15)16-9-4-3-7(12)5-8(9)13;/h3-6,10H,1-2H3,(H,14,15);/q;+1/p-1/t10-;/m0./s1. The van der Waals surface area contributed by atoms with Crippen LogP contribution in [-0.4, -0.2) is 12.1 Å². The molecular formula is C11H11BrFNaO3. The molecule has 0 unspecified atom stereocenters. The minimum atomic E-state index is -1.35. The Kier molecular flexibility index (Phi) is 7.32. The van der Waals surface area contributed by atoms with Crippen LogP contribution in [0.25, 0.3) is 0 Å². The van der Waals surface area contributed by atoms with Gasteiger partial charge in [-0.1, -0.05) is 29.8 Å². The van der Waals surface area contributed by atoms with Crippen molar-refractivity contribution in [3.8, 4) is 5.75 Å². The molecule has 0 bridgehead atoms. The van der Waals surface area contributed by atoms with Gasteiger partial charge in [0, 0.05) is 4.47 Å². The number of rotatable bonds is 4. The number of hydrogen-bond donors (Lipinski definition) is 0. The van der Waals surface area contributed by atoms with Gasteiger partial charge >= 0.3 is 29.6 Å². The zero-order valence-electron chi connectivity index (χ0n) is 9.87. The molecule has 0 fully saturated rings. The third-order valence-electron chi connectivity index (χ3n) is 1.99. The van der Waals surface area contributed by atoms with Crippen LogP contribution in [0.4, 0.5) is 4.39 Å². The van der Waals surface area contributed by atoms with E-state index in [1.807, 2.05) is 0 Å². The molecule has 1 atom stereocenters. The van der Waals surface area contributed by atoms with Gasteiger partial charge in [0.1, 0.15) is 6.10 Å². The number of carboxylic acid groups (broad SMARTS) is 1. The fourth-order valence-electron chi connectivity index (χ4n) is 1.16. The van der Waals surface area contributed by atoms with Crippen molar-refractivity contribution in [3.63, 3.8) is 0 Å². The molecule has 0 N–H and O–H groups in total. The Morgan fingerprint density at radius 1 is 1.47 bits per heavy atom. The summed E-state index contributed by atoms with van der Waals surface area (Å²) in [6.45, 7) is 3.33. The first-order chi connectivity index (χ1) is 7.41. The third-order valence-corrected chi connectivity index (χ3v) is 2.48. The normalized spacial score (nSPS) is 11.8. The Balaban J connectivity index is 0.00000256. The van der Waals surface area contributed by atoms with Crippen molar-refractivity contribution in [1.29, 1.82) is 0 Å². The molecule has 88 valence electrons. The number of carboxylic acids is 1. The van der Waals surface area contributed by atoms with E-state index in [1.54, 1.807) is 19.9 Å². The van der Waals surface area contributed by atoms with E-state index in [4.69, 9.17) is 4.74 Å². The monoisotopic (exact) mass is 312 g/mol. The molecule has 0 radical (unpaired) electrons. The molecule has 1 aromatic rings. The third kappa shape index (κ3) is 4.95. The summed E-state index contributed by atoms with van der Waals surface area (Å²) in [7, 11) is 0. The molecule has 3 nitrogen and oxygen atoms in total. The predicted molar refractivity (Wildman–Crippen MR) is 58.4 cm³/mol. The van der Waals surface area contributed by atoms with E-state index in [1.165, 1.54) is 12.1 Å². The van der Waals surface area contributed by atoms with Crippen LogP contribution in [0.5, 0.6) is 5.75 Å². The molecule has 0 amide bonds. The van der Waals surface area contributed by atoms with Gasteiger partial charge in [-0.15, -0.1) is 0 Å². The summed E-state index contributed by atoms with van der Waals surface area (Å²) >= 11 is 3.10. The largest absolute Gasteiger partial charge is 1.00 e. The summed E-state index contributed by atoms with van der Waals surface area (Å²) in [5.74, 6) is -2.35. The molecular weight excluding hydrogens is 302 g/mol. The van der Waals surface area contributed by atoms with Gasteiger partial charge < -0.3 is 14.6 Å². The molecule has 0 aliphatic heterocycles. The van der Waals surface area contributed by atoms with Crippen LogP contribution in [0, 0.1) is 11.7 Å². The van der Waals surface area contributed by atoms with Crippen molar-refractivity contribution in [2.24, 2.45) is 5.92 Å². The second-order valence-electron chi connectivity index (χ2n) is 3.68. The van der Waals surface area contributed by atoms with E-state index in [2.05, 4.69) is 15.9 Å².